The number of aromatic nitrogens is 1. The Kier molecular flexibility index (Phi) is 5.95. The fourth-order valence-electron chi connectivity index (χ4n) is 1.97. The van der Waals surface area contributed by atoms with Crippen LogP contribution < -0.4 is 5.32 Å². The molecule has 0 aromatic carbocycles. The van der Waals surface area contributed by atoms with Gasteiger partial charge in [-0.1, -0.05) is 13.8 Å². The van der Waals surface area contributed by atoms with Crippen molar-refractivity contribution in [3.63, 3.8) is 0 Å². The van der Waals surface area contributed by atoms with Crippen molar-refractivity contribution < 1.29 is 14.7 Å². The number of thiazole rings is 1. The molecule has 1 heterocycles. The monoisotopic (exact) mass is 284 g/mol. The first kappa shape index (κ1) is 15.6. The number of carbonyl (C=O) groups excluding carboxylic acids is 1. The molecule has 0 bridgehead atoms. The molecule has 0 spiro atoms. The summed E-state index contributed by atoms with van der Waals surface area (Å²) in [7, 11) is 0. The third kappa shape index (κ3) is 4.98. The predicted molar refractivity (Wildman–Crippen MR) is 74.1 cm³/mol. The minimum absolute atomic E-state index is 0.0387. The van der Waals surface area contributed by atoms with Crippen LogP contribution in [0.2, 0.25) is 0 Å². The molecule has 0 radical (unpaired) electrons. The normalized spacial score (nSPS) is 11.3. The number of nitrogens with one attached hydrogen (secondary N) is 1. The summed E-state index contributed by atoms with van der Waals surface area (Å²) in [5.41, 5.74) is -0.633. The van der Waals surface area contributed by atoms with Gasteiger partial charge in [0.15, 0.2) is 0 Å². The Morgan fingerprint density at radius 2 is 2.11 bits per heavy atom. The van der Waals surface area contributed by atoms with Gasteiger partial charge >= 0.3 is 5.97 Å². The molecule has 106 valence electrons. The van der Waals surface area contributed by atoms with Crippen molar-refractivity contribution in [1.29, 1.82) is 0 Å². The number of hydrogen-bond acceptors (Lipinski definition) is 4. The van der Waals surface area contributed by atoms with Gasteiger partial charge in [-0.05, 0) is 12.8 Å². The topological polar surface area (TPSA) is 79.3 Å². The fraction of sp³-hybridized carbons (Fsp3) is 0.615. The summed E-state index contributed by atoms with van der Waals surface area (Å²) < 4.78 is 0. The zero-order valence-electron chi connectivity index (χ0n) is 11.3. The minimum atomic E-state index is -0.885. The van der Waals surface area contributed by atoms with Crippen molar-refractivity contribution in [3.05, 3.63) is 16.6 Å². The Morgan fingerprint density at radius 3 is 2.58 bits per heavy atom. The van der Waals surface area contributed by atoms with E-state index in [1.165, 1.54) is 11.3 Å². The number of hydrogen-bond donors (Lipinski definition) is 2. The molecule has 2 N–H and O–H groups in total. The van der Waals surface area contributed by atoms with E-state index < -0.39 is 11.5 Å². The molecule has 0 atom stereocenters. The number of aryl methyl sites for hydroxylation is 1. The van der Waals surface area contributed by atoms with E-state index in [0.717, 1.165) is 5.01 Å². The lowest BCUT2D eigenvalue weighted by atomic mass is 9.88. The molecule has 0 saturated heterocycles. The second-order valence-electron chi connectivity index (χ2n) is 4.53. The van der Waals surface area contributed by atoms with Gasteiger partial charge in [0.1, 0.15) is 0 Å². The highest BCUT2D eigenvalue weighted by Crippen LogP contribution is 2.20. The van der Waals surface area contributed by atoms with Crippen LogP contribution in [0.25, 0.3) is 0 Å². The molecule has 0 fully saturated rings. The van der Waals surface area contributed by atoms with E-state index in [4.69, 9.17) is 5.11 Å². The van der Waals surface area contributed by atoms with Crippen molar-refractivity contribution in [1.82, 2.24) is 10.3 Å². The van der Waals surface area contributed by atoms with E-state index in [1.54, 1.807) is 6.20 Å². The average molecular weight is 284 g/mol. The van der Waals surface area contributed by atoms with Crippen molar-refractivity contribution in [2.45, 2.75) is 51.5 Å². The SMILES string of the molecule is CCC(CC)(CC(=O)O)NC(=O)CCc1nccs1. The average Bonchev–Trinajstić information content (AvgIpc) is 2.88. The summed E-state index contributed by atoms with van der Waals surface area (Å²) in [6, 6.07) is 0. The molecule has 0 saturated carbocycles. The van der Waals surface area contributed by atoms with E-state index in [-0.39, 0.29) is 12.3 Å². The van der Waals surface area contributed by atoms with E-state index in [2.05, 4.69) is 10.3 Å². The summed E-state index contributed by atoms with van der Waals surface area (Å²) in [6.45, 7) is 3.79. The molecule has 1 aromatic heterocycles. The van der Waals surface area contributed by atoms with Crippen LogP contribution in [0.5, 0.6) is 0 Å². The smallest absolute Gasteiger partial charge is 0.305 e. The maximum Gasteiger partial charge on any atom is 0.305 e. The van der Waals surface area contributed by atoms with Gasteiger partial charge in [0.25, 0.3) is 0 Å². The molecule has 0 aliphatic heterocycles. The van der Waals surface area contributed by atoms with Crippen LogP contribution in [0.15, 0.2) is 11.6 Å². The Bertz CT molecular complexity index is 414. The Hall–Kier alpha value is -1.43. The maximum absolute atomic E-state index is 11.9. The molecule has 0 aliphatic rings. The first-order valence-corrected chi connectivity index (χ1v) is 7.30. The van der Waals surface area contributed by atoms with Gasteiger partial charge in [0, 0.05) is 30.0 Å². The molecular formula is C13H20N2O3S. The van der Waals surface area contributed by atoms with Crippen LogP contribution in [0.4, 0.5) is 0 Å². The number of rotatable bonds is 8. The lowest BCUT2D eigenvalue weighted by Gasteiger charge is -2.31. The maximum atomic E-state index is 11.9. The quantitative estimate of drug-likeness (QED) is 0.767. The number of carboxylic acids is 1. The third-order valence-electron chi connectivity index (χ3n) is 3.30. The Morgan fingerprint density at radius 1 is 1.42 bits per heavy atom. The molecule has 19 heavy (non-hydrogen) atoms. The van der Waals surface area contributed by atoms with Gasteiger partial charge in [-0.15, -0.1) is 11.3 Å². The van der Waals surface area contributed by atoms with Crippen molar-refractivity contribution in [3.8, 4) is 0 Å². The van der Waals surface area contributed by atoms with Gasteiger partial charge < -0.3 is 10.4 Å². The zero-order valence-corrected chi connectivity index (χ0v) is 12.1. The summed E-state index contributed by atoms with van der Waals surface area (Å²) in [4.78, 5) is 26.9. The van der Waals surface area contributed by atoms with Gasteiger partial charge in [-0.2, -0.15) is 0 Å². The zero-order chi connectivity index (χ0) is 14.3. The van der Waals surface area contributed by atoms with Crippen LogP contribution in [-0.4, -0.2) is 27.5 Å². The number of amides is 1. The second kappa shape index (κ2) is 7.23. The van der Waals surface area contributed by atoms with Crippen LogP contribution in [0.1, 0.15) is 44.5 Å². The second-order valence-corrected chi connectivity index (χ2v) is 5.51. The number of carbonyl (C=O) groups is 2. The van der Waals surface area contributed by atoms with Crippen LogP contribution in [0.3, 0.4) is 0 Å². The number of aliphatic carboxylic acids is 1. The van der Waals surface area contributed by atoms with Crippen molar-refractivity contribution in [2.75, 3.05) is 0 Å². The highest BCUT2D eigenvalue weighted by Gasteiger charge is 2.30. The number of carboxylic acid groups (broad SMARTS) is 1. The standard InChI is InChI=1S/C13H20N2O3S/c1-3-13(4-2,9-12(17)18)15-10(16)5-6-11-14-7-8-19-11/h7-8H,3-6,9H2,1-2H3,(H,15,16)(H,17,18). The van der Waals surface area contributed by atoms with E-state index in [9.17, 15) is 9.59 Å². The summed E-state index contributed by atoms with van der Waals surface area (Å²) in [5.74, 6) is -0.996. The highest BCUT2D eigenvalue weighted by atomic mass is 32.1. The highest BCUT2D eigenvalue weighted by molar-refractivity contribution is 7.09. The number of nitrogens with zero attached hydrogens (tertiary/aromatic N) is 1. The largest absolute Gasteiger partial charge is 0.481 e. The molecule has 1 amide bonds. The first-order valence-electron chi connectivity index (χ1n) is 6.42. The minimum Gasteiger partial charge on any atom is -0.481 e. The Balaban J connectivity index is 2.53. The van der Waals surface area contributed by atoms with Gasteiger partial charge in [-0.3, -0.25) is 9.59 Å². The summed E-state index contributed by atoms with van der Waals surface area (Å²) in [6.07, 6.45) is 3.83. The van der Waals surface area contributed by atoms with E-state index in [0.29, 0.717) is 25.7 Å². The Labute approximate surface area is 117 Å². The van der Waals surface area contributed by atoms with Gasteiger partial charge in [0.2, 0.25) is 5.91 Å². The van der Waals surface area contributed by atoms with Crippen LogP contribution in [-0.2, 0) is 16.0 Å². The van der Waals surface area contributed by atoms with Crippen LogP contribution in [0, 0.1) is 0 Å². The molecule has 0 aliphatic carbocycles. The summed E-state index contributed by atoms with van der Waals surface area (Å²) in [5, 5.41) is 14.6. The van der Waals surface area contributed by atoms with Gasteiger partial charge in [0.05, 0.1) is 11.4 Å². The van der Waals surface area contributed by atoms with E-state index in [1.807, 2.05) is 19.2 Å². The van der Waals surface area contributed by atoms with Gasteiger partial charge in [-0.25, -0.2) is 4.98 Å². The third-order valence-corrected chi connectivity index (χ3v) is 4.14. The van der Waals surface area contributed by atoms with Crippen molar-refractivity contribution in [2.24, 2.45) is 0 Å². The van der Waals surface area contributed by atoms with E-state index >= 15 is 0 Å². The van der Waals surface area contributed by atoms with Crippen molar-refractivity contribution >= 4 is 23.2 Å². The molecule has 0 unspecified atom stereocenters. The molecule has 5 nitrogen and oxygen atoms in total. The van der Waals surface area contributed by atoms with Crippen LogP contribution >= 0.6 is 11.3 Å². The lowest BCUT2D eigenvalue weighted by Crippen LogP contribution is -2.49. The first-order chi connectivity index (χ1) is 9.01. The molecule has 1 rings (SSSR count). The molecule has 1 aromatic rings. The predicted octanol–water partition coefficient (Wildman–Crippen LogP) is 2.23. The molecule has 6 heteroatoms. The summed E-state index contributed by atoms with van der Waals surface area (Å²) >= 11 is 1.52. The fourth-order valence-corrected chi connectivity index (χ4v) is 2.59. The molecular weight excluding hydrogens is 264 g/mol. The lowest BCUT2D eigenvalue weighted by molar-refractivity contribution is -0.139.